The van der Waals surface area contributed by atoms with Crippen molar-refractivity contribution >= 4 is 5.97 Å². The number of rotatable bonds is 2. The van der Waals surface area contributed by atoms with Gasteiger partial charge in [-0.25, -0.2) is 0 Å². The largest absolute Gasteiger partial charge is 0.480 e. The average Bonchev–Trinajstić information content (AvgIpc) is 2.30. The average molecular weight is 206 g/mol. The number of pyridine rings is 1. The van der Waals surface area contributed by atoms with Crippen LogP contribution >= 0.6 is 0 Å². The van der Waals surface area contributed by atoms with Crippen molar-refractivity contribution in [2.24, 2.45) is 0 Å². The predicted octanol–water partition coefficient (Wildman–Crippen LogP) is 1.35. The third kappa shape index (κ3) is 2.33. The molecule has 2 N–H and O–H groups in total. The van der Waals surface area contributed by atoms with Crippen LogP contribution in [0.3, 0.4) is 0 Å². The van der Waals surface area contributed by atoms with Crippen LogP contribution in [0.15, 0.2) is 24.5 Å². The molecule has 0 spiro atoms. The highest BCUT2D eigenvalue weighted by molar-refractivity contribution is 5.73. The van der Waals surface area contributed by atoms with Crippen molar-refractivity contribution in [2.75, 3.05) is 0 Å². The second-order valence-electron chi connectivity index (χ2n) is 3.82. The number of nitrogens with zero attached hydrogens (tertiary/aromatic N) is 1. The number of hydrogen-bond donors (Lipinski definition) is 2. The Labute approximate surface area is 88.3 Å². The Balaban J connectivity index is 2.08. The number of piperidine rings is 1. The summed E-state index contributed by atoms with van der Waals surface area (Å²) >= 11 is 0. The number of carbonyl (C=O) groups is 1. The van der Waals surface area contributed by atoms with Gasteiger partial charge < -0.3 is 5.11 Å². The smallest absolute Gasteiger partial charge is 0.320 e. The predicted molar refractivity (Wildman–Crippen MR) is 55.4 cm³/mol. The monoisotopic (exact) mass is 206 g/mol. The van der Waals surface area contributed by atoms with Gasteiger partial charge in [0.25, 0.3) is 0 Å². The molecule has 0 amide bonds. The molecule has 1 aromatic rings. The van der Waals surface area contributed by atoms with Crippen molar-refractivity contribution in [2.45, 2.75) is 31.3 Å². The first-order valence-corrected chi connectivity index (χ1v) is 5.16. The lowest BCUT2D eigenvalue weighted by atomic mass is 9.94. The van der Waals surface area contributed by atoms with Gasteiger partial charge in [0.2, 0.25) is 0 Å². The second kappa shape index (κ2) is 4.40. The summed E-state index contributed by atoms with van der Waals surface area (Å²) in [6.07, 6.45) is 6.14. The summed E-state index contributed by atoms with van der Waals surface area (Å²) in [6, 6.07) is 3.61. The Morgan fingerprint density at radius 2 is 2.13 bits per heavy atom. The molecule has 0 bridgehead atoms. The molecule has 15 heavy (non-hydrogen) atoms. The fourth-order valence-corrected chi connectivity index (χ4v) is 1.99. The molecular weight excluding hydrogens is 192 g/mol. The zero-order valence-corrected chi connectivity index (χ0v) is 8.39. The van der Waals surface area contributed by atoms with Gasteiger partial charge >= 0.3 is 5.97 Å². The van der Waals surface area contributed by atoms with Crippen LogP contribution in [0.2, 0.25) is 0 Å². The van der Waals surface area contributed by atoms with E-state index in [1.54, 1.807) is 12.4 Å². The molecule has 1 saturated heterocycles. The summed E-state index contributed by atoms with van der Waals surface area (Å²) in [7, 11) is 0. The molecule has 0 saturated carbocycles. The minimum Gasteiger partial charge on any atom is -0.480 e. The molecule has 2 unspecified atom stereocenters. The Morgan fingerprint density at radius 1 is 1.40 bits per heavy atom. The van der Waals surface area contributed by atoms with Gasteiger partial charge in [0.1, 0.15) is 6.04 Å². The van der Waals surface area contributed by atoms with Gasteiger partial charge in [-0.15, -0.1) is 0 Å². The first kappa shape index (κ1) is 10.1. The molecule has 4 nitrogen and oxygen atoms in total. The molecule has 4 heteroatoms. The Kier molecular flexibility index (Phi) is 2.97. The molecule has 1 fully saturated rings. The number of aliphatic carboxylic acids is 1. The van der Waals surface area contributed by atoms with Crippen molar-refractivity contribution in [3.63, 3.8) is 0 Å². The van der Waals surface area contributed by atoms with Crippen LogP contribution < -0.4 is 5.32 Å². The summed E-state index contributed by atoms with van der Waals surface area (Å²) < 4.78 is 0. The van der Waals surface area contributed by atoms with Crippen molar-refractivity contribution in [3.8, 4) is 0 Å². The number of hydrogen-bond acceptors (Lipinski definition) is 3. The van der Waals surface area contributed by atoms with E-state index in [2.05, 4.69) is 10.3 Å². The normalized spacial score (nSPS) is 26.1. The maximum absolute atomic E-state index is 10.9. The highest BCUT2D eigenvalue weighted by Gasteiger charge is 2.26. The quantitative estimate of drug-likeness (QED) is 0.766. The van der Waals surface area contributed by atoms with E-state index < -0.39 is 12.0 Å². The fourth-order valence-electron chi connectivity index (χ4n) is 1.99. The van der Waals surface area contributed by atoms with Crippen LogP contribution in [0.1, 0.15) is 30.9 Å². The molecule has 0 aromatic carbocycles. The summed E-state index contributed by atoms with van der Waals surface area (Å²) in [4.78, 5) is 14.8. The van der Waals surface area contributed by atoms with Crippen LogP contribution in [-0.4, -0.2) is 22.1 Å². The van der Waals surface area contributed by atoms with Gasteiger partial charge in [0.15, 0.2) is 0 Å². The van der Waals surface area contributed by atoms with Crippen LogP contribution in [0.25, 0.3) is 0 Å². The van der Waals surface area contributed by atoms with E-state index in [0.717, 1.165) is 24.8 Å². The van der Waals surface area contributed by atoms with Crippen LogP contribution in [0.4, 0.5) is 0 Å². The third-order valence-corrected chi connectivity index (χ3v) is 2.79. The highest BCUT2D eigenvalue weighted by Crippen LogP contribution is 2.24. The number of nitrogens with one attached hydrogen (secondary N) is 1. The molecule has 2 atom stereocenters. The maximum Gasteiger partial charge on any atom is 0.320 e. The minimum absolute atomic E-state index is 0.155. The van der Waals surface area contributed by atoms with E-state index in [4.69, 9.17) is 5.11 Å². The molecule has 1 aromatic heterocycles. The van der Waals surface area contributed by atoms with Crippen LogP contribution in [0, 0.1) is 0 Å². The molecule has 2 heterocycles. The SMILES string of the molecule is O=C(O)C1CCCC(c2ccncc2)N1. The van der Waals surface area contributed by atoms with Crippen LogP contribution in [0.5, 0.6) is 0 Å². The topological polar surface area (TPSA) is 62.2 Å². The van der Waals surface area contributed by atoms with Gasteiger partial charge in [0.05, 0.1) is 0 Å². The zero-order chi connectivity index (χ0) is 10.7. The summed E-state index contributed by atoms with van der Waals surface area (Å²) in [5.74, 6) is -0.756. The Bertz CT molecular complexity index is 340. The van der Waals surface area contributed by atoms with E-state index in [9.17, 15) is 4.79 Å². The molecule has 1 aliphatic rings. The van der Waals surface area contributed by atoms with Gasteiger partial charge in [0, 0.05) is 18.4 Å². The molecular formula is C11H14N2O2. The Hall–Kier alpha value is -1.42. The van der Waals surface area contributed by atoms with E-state index in [1.165, 1.54) is 0 Å². The number of aromatic nitrogens is 1. The third-order valence-electron chi connectivity index (χ3n) is 2.79. The van der Waals surface area contributed by atoms with E-state index in [0.29, 0.717) is 0 Å². The first-order valence-electron chi connectivity index (χ1n) is 5.16. The lowest BCUT2D eigenvalue weighted by Crippen LogP contribution is -2.42. The summed E-state index contributed by atoms with van der Waals surface area (Å²) in [5.41, 5.74) is 1.12. The van der Waals surface area contributed by atoms with E-state index in [1.807, 2.05) is 12.1 Å². The van der Waals surface area contributed by atoms with Crippen molar-refractivity contribution in [1.29, 1.82) is 0 Å². The Morgan fingerprint density at radius 3 is 2.80 bits per heavy atom. The number of carboxylic acid groups (broad SMARTS) is 1. The summed E-state index contributed by atoms with van der Waals surface area (Å²) in [6.45, 7) is 0. The maximum atomic E-state index is 10.9. The van der Waals surface area contributed by atoms with Gasteiger partial charge in [-0.1, -0.05) is 0 Å². The lowest BCUT2D eigenvalue weighted by Gasteiger charge is -2.28. The molecule has 0 aliphatic carbocycles. The van der Waals surface area contributed by atoms with Crippen LogP contribution in [-0.2, 0) is 4.79 Å². The molecule has 80 valence electrons. The van der Waals surface area contributed by atoms with Crippen molar-refractivity contribution < 1.29 is 9.90 Å². The molecule has 2 rings (SSSR count). The van der Waals surface area contributed by atoms with Crippen molar-refractivity contribution in [3.05, 3.63) is 30.1 Å². The molecule has 1 aliphatic heterocycles. The fraction of sp³-hybridized carbons (Fsp3) is 0.455. The highest BCUT2D eigenvalue weighted by atomic mass is 16.4. The van der Waals surface area contributed by atoms with Crippen molar-refractivity contribution in [1.82, 2.24) is 10.3 Å². The lowest BCUT2D eigenvalue weighted by molar-refractivity contribution is -0.140. The number of carboxylic acids is 1. The second-order valence-corrected chi connectivity index (χ2v) is 3.82. The van der Waals surface area contributed by atoms with E-state index in [-0.39, 0.29) is 6.04 Å². The van der Waals surface area contributed by atoms with Gasteiger partial charge in [-0.2, -0.15) is 0 Å². The van der Waals surface area contributed by atoms with E-state index >= 15 is 0 Å². The first-order chi connectivity index (χ1) is 7.27. The summed E-state index contributed by atoms with van der Waals surface area (Å²) in [5, 5.41) is 12.1. The standard InChI is InChI=1S/C11H14N2O2/c14-11(15)10-3-1-2-9(13-10)8-4-6-12-7-5-8/h4-7,9-10,13H,1-3H2,(H,14,15). The van der Waals surface area contributed by atoms with Gasteiger partial charge in [-0.3, -0.25) is 15.1 Å². The zero-order valence-electron chi connectivity index (χ0n) is 8.39. The van der Waals surface area contributed by atoms with Gasteiger partial charge in [-0.05, 0) is 37.0 Å². The molecule has 0 radical (unpaired) electrons. The minimum atomic E-state index is -0.756.